The second kappa shape index (κ2) is 5.88. The van der Waals surface area contributed by atoms with E-state index in [2.05, 4.69) is 10.1 Å². The molecule has 2 aromatic rings. The molecule has 21 heavy (non-hydrogen) atoms. The first-order valence-corrected chi connectivity index (χ1v) is 6.36. The molecule has 0 spiro atoms. The van der Waals surface area contributed by atoms with E-state index in [0.717, 1.165) is 0 Å². The molecule has 0 fully saturated rings. The number of aromatic nitrogens is 2. The van der Waals surface area contributed by atoms with Gasteiger partial charge in [-0.3, -0.25) is 10.1 Å². The summed E-state index contributed by atoms with van der Waals surface area (Å²) in [5, 5.41) is 14.8. The third kappa shape index (κ3) is 2.84. The summed E-state index contributed by atoms with van der Waals surface area (Å²) in [7, 11) is 1.35. The Hall–Kier alpha value is -2.48. The lowest BCUT2D eigenvalue weighted by Crippen LogP contribution is -2.18. The minimum atomic E-state index is -0.528. The lowest BCUT2D eigenvalue weighted by molar-refractivity contribution is -0.385. The Morgan fingerprint density at radius 1 is 1.43 bits per heavy atom. The molecular weight excluding hydrogens is 276 g/mol. The topological polar surface area (TPSA) is 117 Å². The predicted octanol–water partition coefficient (Wildman–Crippen LogP) is 2.31. The molecule has 2 rings (SSSR count). The first-order chi connectivity index (χ1) is 9.95. The number of rotatable bonds is 5. The van der Waals surface area contributed by atoms with Crippen molar-refractivity contribution in [1.82, 2.24) is 10.1 Å². The Morgan fingerprint density at radius 3 is 2.71 bits per heavy atom. The molecule has 8 heteroatoms. The van der Waals surface area contributed by atoms with Crippen molar-refractivity contribution in [2.24, 2.45) is 11.7 Å². The minimum absolute atomic E-state index is 0.0795. The van der Waals surface area contributed by atoms with Crippen LogP contribution in [0.3, 0.4) is 0 Å². The third-order valence-electron chi connectivity index (χ3n) is 3.08. The molecule has 112 valence electrons. The van der Waals surface area contributed by atoms with Gasteiger partial charge in [-0.2, -0.15) is 4.98 Å². The smallest absolute Gasteiger partial charge is 0.311 e. The molecule has 2 N–H and O–H groups in total. The summed E-state index contributed by atoms with van der Waals surface area (Å²) in [6.07, 6.45) is 0. The number of nitro groups is 1. The van der Waals surface area contributed by atoms with E-state index in [4.69, 9.17) is 15.0 Å². The Morgan fingerprint density at radius 2 is 2.14 bits per heavy atom. The highest BCUT2D eigenvalue weighted by Crippen LogP contribution is 2.37. The van der Waals surface area contributed by atoms with Gasteiger partial charge in [0.25, 0.3) is 5.89 Å². The zero-order valence-electron chi connectivity index (χ0n) is 11.9. The van der Waals surface area contributed by atoms with E-state index in [1.54, 1.807) is 6.07 Å². The second-order valence-electron chi connectivity index (χ2n) is 4.84. The summed E-state index contributed by atoms with van der Waals surface area (Å²) in [4.78, 5) is 14.7. The van der Waals surface area contributed by atoms with Gasteiger partial charge in [-0.15, -0.1) is 0 Å². The monoisotopic (exact) mass is 292 g/mol. The van der Waals surface area contributed by atoms with E-state index < -0.39 is 4.92 Å². The molecule has 1 heterocycles. The van der Waals surface area contributed by atoms with Gasteiger partial charge in [-0.25, -0.2) is 0 Å². The highest BCUT2D eigenvalue weighted by molar-refractivity contribution is 5.69. The van der Waals surface area contributed by atoms with Gasteiger partial charge in [-0.05, 0) is 12.0 Å². The zero-order chi connectivity index (χ0) is 15.6. The average Bonchev–Trinajstić information content (AvgIpc) is 2.94. The number of nitro benzene ring substituents is 1. The summed E-state index contributed by atoms with van der Waals surface area (Å²) in [6, 6.07) is 4.12. The van der Waals surface area contributed by atoms with Gasteiger partial charge < -0.3 is 15.0 Å². The lowest BCUT2D eigenvalue weighted by atomic mass is 10.1. The van der Waals surface area contributed by atoms with Crippen LogP contribution in [-0.2, 0) is 0 Å². The Labute approximate surface area is 121 Å². The molecule has 0 aliphatic carbocycles. The van der Waals surface area contributed by atoms with Gasteiger partial charge in [0.2, 0.25) is 5.75 Å². The fourth-order valence-electron chi connectivity index (χ4n) is 1.83. The van der Waals surface area contributed by atoms with Crippen LogP contribution in [0.15, 0.2) is 22.7 Å². The Bertz CT molecular complexity index is 653. The maximum Gasteiger partial charge on any atom is 0.311 e. The molecule has 1 aromatic carbocycles. The van der Waals surface area contributed by atoms with Gasteiger partial charge in [0.05, 0.1) is 23.6 Å². The van der Waals surface area contributed by atoms with Gasteiger partial charge in [-0.1, -0.05) is 25.1 Å². The fourth-order valence-corrected chi connectivity index (χ4v) is 1.83. The van der Waals surface area contributed by atoms with E-state index in [9.17, 15) is 10.1 Å². The first-order valence-electron chi connectivity index (χ1n) is 6.36. The molecule has 1 aromatic heterocycles. The average molecular weight is 292 g/mol. The van der Waals surface area contributed by atoms with E-state index >= 15 is 0 Å². The molecule has 1 atom stereocenters. The van der Waals surface area contributed by atoms with Crippen molar-refractivity contribution in [2.45, 2.75) is 19.9 Å². The minimum Gasteiger partial charge on any atom is -0.490 e. The predicted molar refractivity (Wildman–Crippen MR) is 74.7 cm³/mol. The Kier molecular flexibility index (Phi) is 4.18. The second-order valence-corrected chi connectivity index (χ2v) is 4.84. The van der Waals surface area contributed by atoms with Crippen LogP contribution < -0.4 is 10.5 Å². The third-order valence-corrected chi connectivity index (χ3v) is 3.08. The van der Waals surface area contributed by atoms with Crippen LogP contribution in [-0.4, -0.2) is 22.2 Å². The molecule has 1 unspecified atom stereocenters. The standard InChI is InChI=1S/C13H16N4O4/c1-7(2)10(14)12-15-13(21-16-12)8-5-4-6-9(17(18)19)11(8)20-3/h4-7,10H,14H2,1-3H3. The van der Waals surface area contributed by atoms with Crippen LogP contribution in [0.25, 0.3) is 11.5 Å². The molecule has 0 saturated carbocycles. The zero-order valence-corrected chi connectivity index (χ0v) is 11.9. The van der Waals surface area contributed by atoms with E-state index in [1.165, 1.54) is 19.2 Å². The van der Waals surface area contributed by atoms with Gasteiger partial charge in [0.15, 0.2) is 5.82 Å². The van der Waals surface area contributed by atoms with Crippen LogP contribution >= 0.6 is 0 Å². The van der Waals surface area contributed by atoms with Crippen LogP contribution in [0.2, 0.25) is 0 Å². The van der Waals surface area contributed by atoms with Crippen molar-refractivity contribution in [3.63, 3.8) is 0 Å². The molecule has 0 bridgehead atoms. The van der Waals surface area contributed by atoms with Crippen LogP contribution in [0.5, 0.6) is 5.75 Å². The van der Waals surface area contributed by atoms with Crippen molar-refractivity contribution < 1.29 is 14.2 Å². The molecule has 8 nitrogen and oxygen atoms in total. The van der Waals surface area contributed by atoms with Crippen molar-refractivity contribution in [3.8, 4) is 17.2 Å². The molecule has 0 saturated heterocycles. The van der Waals surface area contributed by atoms with Gasteiger partial charge >= 0.3 is 5.69 Å². The lowest BCUT2D eigenvalue weighted by Gasteiger charge is -2.09. The number of nitrogens with two attached hydrogens (primary N) is 1. The summed E-state index contributed by atoms with van der Waals surface area (Å²) < 4.78 is 10.3. The SMILES string of the molecule is COc1c(-c2nc(C(N)C(C)C)no2)cccc1[N+](=O)[O-]. The van der Waals surface area contributed by atoms with Crippen LogP contribution in [0.4, 0.5) is 5.69 Å². The highest BCUT2D eigenvalue weighted by atomic mass is 16.6. The van der Waals surface area contributed by atoms with E-state index in [0.29, 0.717) is 11.4 Å². The molecular formula is C13H16N4O4. The number of hydrogen-bond donors (Lipinski definition) is 1. The van der Waals surface area contributed by atoms with E-state index in [1.807, 2.05) is 13.8 Å². The quantitative estimate of drug-likeness (QED) is 0.663. The molecule has 0 radical (unpaired) electrons. The summed E-state index contributed by atoms with van der Waals surface area (Å²) in [5.41, 5.74) is 6.15. The first kappa shape index (κ1) is 14.9. The van der Waals surface area contributed by atoms with Crippen molar-refractivity contribution in [3.05, 3.63) is 34.1 Å². The highest BCUT2D eigenvalue weighted by Gasteiger charge is 2.24. The number of hydrogen-bond acceptors (Lipinski definition) is 7. The van der Waals surface area contributed by atoms with Crippen molar-refractivity contribution >= 4 is 5.69 Å². The number of para-hydroxylation sites is 1. The van der Waals surface area contributed by atoms with Crippen molar-refractivity contribution in [2.75, 3.05) is 7.11 Å². The summed E-state index contributed by atoms with van der Waals surface area (Å²) in [5.74, 6) is 0.716. The normalized spacial score (nSPS) is 12.4. The number of benzene rings is 1. The number of nitrogens with zero attached hydrogens (tertiary/aromatic N) is 3. The number of ether oxygens (including phenoxy) is 1. The molecule has 0 aliphatic heterocycles. The van der Waals surface area contributed by atoms with Crippen molar-refractivity contribution in [1.29, 1.82) is 0 Å². The summed E-state index contributed by atoms with van der Waals surface area (Å²) >= 11 is 0. The summed E-state index contributed by atoms with van der Waals surface area (Å²) in [6.45, 7) is 3.88. The van der Waals surface area contributed by atoms with Crippen LogP contribution in [0.1, 0.15) is 25.7 Å². The van der Waals surface area contributed by atoms with Crippen LogP contribution in [0, 0.1) is 16.0 Å². The molecule has 0 aliphatic rings. The van der Waals surface area contributed by atoms with Gasteiger partial charge in [0.1, 0.15) is 0 Å². The fraction of sp³-hybridized carbons (Fsp3) is 0.385. The number of methoxy groups -OCH3 is 1. The molecule has 0 amide bonds. The maximum absolute atomic E-state index is 11.0. The maximum atomic E-state index is 11.0. The van der Waals surface area contributed by atoms with E-state index in [-0.39, 0.29) is 29.3 Å². The Balaban J connectivity index is 2.48. The van der Waals surface area contributed by atoms with Gasteiger partial charge in [0, 0.05) is 6.07 Å². The largest absolute Gasteiger partial charge is 0.490 e.